The minimum atomic E-state index is -3.75. The molecule has 25 heavy (non-hydrogen) atoms. The maximum absolute atomic E-state index is 12.6. The van der Waals surface area contributed by atoms with Gasteiger partial charge in [0.2, 0.25) is 20.0 Å². The molecule has 0 aromatic heterocycles. The van der Waals surface area contributed by atoms with Gasteiger partial charge in [-0.25, -0.2) is 21.6 Å². The summed E-state index contributed by atoms with van der Waals surface area (Å²) in [4.78, 5) is -0.0153. The van der Waals surface area contributed by atoms with Gasteiger partial charge < -0.3 is 5.32 Å². The number of nitrogens with zero attached hydrogens (tertiary/aromatic N) is 1. The highest BCUT2D eigenvalue weighted by Gasteiger charge is 2.28. The van der Waals surface area contributed by atoms with Crippen LogP contribution in [-0.2, 0) is 20.0 Å². The molecule has 1 aliphatic rings. The zero-order valence-corrected chi connectivity index (χ0v) is 16.9. The lowest BCUT2D eigenvalue weighted by molar-refractivity contribution is 0.477. The highest BCUT2D eigenvalue weighted by Crippen LogP contribution is 2.22. The lowest BCUT2D eigenvalue weighted by Gasteiger charge is -2.17. The van der Waals surface area contributed by atoms with Crippen molar-refractivity contribution in [3.05, 3.63) is 24.3 Å². The molecule has 0 unspecified atom stereocenters. The van der Waals surface area contributed by atoms with Crippen molar-refractivity contribution in [2.24, 2.45) is 0 Å². The van der Waals surface area contributed by atoms with Crippen molar-refractivity contribution in [3.63, 3.8) is 0 Å². The summed E-state index contributed by atoms with van der Waals surface area (Å²) in [6.07, 6.45) is 1.67. The first kappa shape index (κ1) is 22.3. The maximum Gasteiger partial charge on any atom is 0.243 e. The Balaban J connectivity index is 0.00000312. The first-order chi connectivity index (χ1) is 11.3. The van der Waals surface area contributed by atoms with Gasteiger partial charge in [0, 0.05) is 25.7 Å². The fraction of sp³-hybridized carbons (Fsp3) is 0.600. The van der Waals surface area contributed by atoms with Crippen LogP contribution in [0.25, 0.3) is 0 Å². The molecule has 0 amide bonds. The Morgan fingerprint density at radius 2 is 1.72 bits per heavy atom. The van der Waals surface area contributed by atoms with Crippen LogP contribution in [0.2, 0.25) is 0 Å². The van der Waals surface area contributed by atoms with Crippen molar-refractivity contribution in [1.29, 1.82) is 0 Å². The van der Waals surface area contributed by atoms with Crippen LogP contribution in [0.3, 0.4) is 0 Å². The number of likely N-dealkylation sites (N-methyl/N-ethyl adjacent to an activating group) is 1. The SMILES string of the molecule is CCN[C@H](C)CNS(=O)(=O)c1cccc(S(=O)(=O)N2CCCC2)c1.Cl. The summed E-state index contributed by atoms with van der Waals surface area (Å²) in [5, 5.41) is 3.11. The Morgan fingerprint density at radius 1 is 1.12 bits per heavy atom. The number of sulfonamides is 2. The number of nitrogens with one attached hydrogen (secondary N) is 2. The first-order valence-electron chi connectivity index (χ1n) is 8.10. The molecule has 7 nitrogen and oxygen atoms in total. The quantitative estimate of drug-likeness (QED) is 0.669. The highest BCUT2D eigenvalue weighted by atomic mass is 35.5. The predicted octanol–water partition coefficient (Wildman–Crippen LogP) is 1.17. The van der Waals surface area contributed by atoms with Crippen molar-refractivity contribution in [3.8, 4) is 0 Å². The molecule has 1 aliphatic heterocycles. The Hall–Kier alpha value is -0.710. The molecule has 0 spiro atoms. The number of rotatable bonds is 8. The van der Waals surface area contributed by atoms with Crippen LogP contribution in [0.1, 0.15) is 26.7 Å². The van der Waals surface area contributed by atoms with Crippen molar-refractivity contribution in [1.82, 2.24) is 14.3 Å². The standard InChI is InChI=1S/C15H25N3O4S2.ClH/c1-3-16-13(2)12-17-23(19,20)14-7-6-8-15(11-14)24(21,22)18-9-4-5-10-18;/h6-8,11,13,16-17H,3-5,9-10,12H2,1-2H3;1H/t13-;/m1./s1. The second-order valence-corrected chi connectivity index (χ2v) is 9.60. The fourth-order valence-electron chi connectivity index (χ4n) is 2.62. The summed E-state index contributed by atoms with van der Waals surface area (Å²) in [5.41, 5.74) is 0. The zero-order chi connectivity index (χ0) is 17.8. The number of halogens is 1. The van der Waals surface area contributed by atoms with Gasteiger partial charge in [0.15, 0.2) is 0 Å². The van der Waals surface area contributed by atoms with Crippen LogP contribution >= 0.6 is 12.4 Å². The molecule has 0 saturated carbocycles. The van der Waals surface area contributed by atoms with E-state index in [2.05, 4.69) is 10.0 Å². The summed E-state index contributed by atoms with van der Waals surface area (Å²) in [6.45, 7) is 5.76. The van der Waals surface area contributed by atoms with Gasteiger partial charge in [-0.1, -0.05) is 13.0 Å². The minimum absolute atomic E-state index is 0. The summed E-state index contributed by atoms with van der Waals surface area (Å²) in [5.74, 6) is 0. The van der Waals surface area contributed by atoms with Gasteiger partial charge in [-0.3, -0.25) is 0 Å². The van der Waals surface area contributed by atoms with E-state index in [0.29, 0.717) is 13.1 Å². The number of hydrogen-bond donors (Lipinski definition) is 2. The average Bonchev–Trinajstić information content (AvgIpc) is 3.09. The van der Waals surface area contributed by atoms with E-state index in [1.54, 1.807) is 0 Å². The van der Waals surface area contributed by atoms with E-state index < -0.39 is 20.0 Å². The Labute approximate surface area is 156 Å². The molecule has 1 aromatic rings. The third-order valence-electron chi connectivity index (χ3n) is 3.95. The van der Waals surface area contributed by atoms with Gasteiger partial charge in [0.05, 0.1) is 9.79 Å². The van der Waals surface area contributed by atoms with Gasteiger partial charge in [-0.05, 0) is 44.5 Å². The van der Waals surface area contributed by atoms with Crippen molar-refractivity contribution >= 4 is 32.5 Å². The van der Waals surface area contributed by atoms with E-state index >= 15 is 0 Å². The second kappa shape index (κ2) is 9.29. The van der Waals surface area contributed by atoms with E-state index in [-0.39, 0.29) is 34.8 Å². The van der Waals surface area contributed by atoms with Crippen LogP contribution in [-0.4, -0.2) is 53.4 Å². The second-order valence-electron chi connectivity index (χ2n) is 5.90. The molecule has 2 N–H and O–H groups in total. The van der Waals surface area contributed by atoms with Crippen LogP contribution < -0.4 is 10.0 Å². The number of hydrogen-bond acceptors (Lipinski definition) is 5. The third-order valence-corrected chi connectivity index (χ3v) is 7.27. The first-order valence-corrected chi connectivity index (χ1v) is 11.0. The molecule has 1 saturated heterocycles. The molecule has 0 bridgehead atoms. The molecule has 1 fully saturated rings. The van der Waals surface area contributed by atoms with Gasteiger partial charge >= 0.3 is 0 Å². The Kier molecular flexibility index (Phi) is 8.30. The fourth-order valence-corrected chi connectivity index (χ4v) is 5.43. The average molecular weight is 412 g/mol. The van der Waals surface area contributed by atoms with E-state index in [1.165, 1.54) is 28.6 Å². The summed E-state index contributed by atoms with van der Waals surface area (Å²) in [6, 6.07) is 5.53. The molecule has 1 atom stereocenters. The third kappa shape index (κ3) is 5.63. The molecular weight excluding hydrogens is 386 g/mol. The molecule has 2 rings (SSSR count). The Bertz CT molecular complexity index is 763. The monoisotopic (exact) mass is 411 g/mol. The smallest absolute Gasteiger partial charge is 0.243 e. The van der Waals surface area contributed by atoms with E-state index in [1.807, 2.05) is 13.8 Å². The molecule has 1 heterocycles. The van der Waals surface area contributed by atoms with Crippen molar-refractivity contribution in [2.45, 2.75) is 42.5 Å². The van der Waals surface area contributed by atoms with Crippen LogP contribution in [0, 0.1) is 0 Å². The van der Waals surface area contributed by atoms with Gasteiger partial charge in [0.1, 0.15) is 0 Å². The van der Waals surface area contributed by atoms with Crippen molar-refractivity contribution in [2.75, 3.05) is 26.2 Å². The molecule has 0 aliphatic carbocycles. The summed E-state index contributed by atoms with van der Waals surface area (Å²) in [7, 11) is -7.39. The lowest BCUT2D eigenvalue weighted by atomic mass is 10.3. The normalized spacial score (nSPS) is 17.2. The molecule has 1 aromatic carbocycles. The van der Waals surface area contributed by atoms with Gasteiger partial charge in [0.25, 0.3) is 0 Å². The van der Waals surface area contributed by atoms with Gasteiger partial charge in [-0.2, -0.15) is 4.31 Å². The topological polar surface area (TPSA) is 95.6 Å². The van der Waals surface area contributed by atoms with Crippen LogP contribution in [0.15, 0.2) is 34.1 Å². The highest BCUT2D eigenvalue weighted by molar-refractivity contribution is 7.90. The van der Waals surface area contributed by atoms with E-state index in [4.69, 9.17) is 0 Å². The lowest BCUT2D eigenvalue weighted by Crippen LogP contribution is -2.38. The van der Waals surface area contributed by atoms with Gasteiger partial charge in [-0.15, -0.1) is 12.4 Å². The minimum Gasteiger partial charge on any atom is -0.313 e. The van der Waals surface area contributed by atoms with E-state index in [9.17, 15) is 16.8 Å². The molecular formula is C15H26ClN3O4S2. The number of benzene rings is 1. The van der Waals surface area contributed by atoms with Crippen LogP contribution in [0.5, 0.6) is 0 Å². The molecule has 144 valence electrons. The van der Waals surface area contributed by atoms with Crippen molar-refractivity contribution < 1.29 is 16.8 Å². The maximum atomic E-state index is 12.6. The van der Waals surface area contributed by atoms with E-state index in [0.717, 1.165) is 19.4 Å². The van der Waals surface area contributed by atoms with Crippen LogP contribution in [0.4, 0.5) is 0 Å². The Morgan fingerprint density at radius 3 is 2.32 bits per heavy atom. The summed E-state index contributed by atoms with van der Waals surface area (Å²) < 4.78 is 53.8. The predicted molar refractivity (Wildman–Crippen MR) is 100 cm³/mol. The largest absolute Gasteiger partial charge is 0.313 e. The summed E-state index contributed by atoms with van der Waals surface area (Å²) >= 11 is 0. The molecule has 0 radical (unpaired) electrons. The molecule has 10 heteroatoms. The zero-order valence-electron chi connectivity index (χ0n) is 14.4.